The number of amides is 1. The number of aliphatic carboxylic acids is 1. The minimum absolute atomic E-state index is 0.0384. The first-order valence-corrected chi connectivity index (χ1v) is 7.90. The lowest BCUT2D eigenvalue weighted by Crippen LogP contribution is -2.57. The number of carboxylic acids is 1. The van der Waals surface area contributed by atoms with Crippen molar-refractivity contribution in [2.24, 2.45) is 0 Å². The molecule has 1 aromatic carbocycles. The molecule has 0 aromatic heterocycles. The number of hydrogen-bond acceptors (Lipinski definition) is 3. The third kappa shape index (κ3) is 4.31. The molecule has 0 spiro atoms. The summed E-state index contributed by atoms with van der Waals surface area (Å²) in [5.74, 6) is -0.952. The molecule has 1 fully saturated rings. The van der Waals surface area contributed by atoms with Gasteiger partial charge in [0.15, 0.2) is 0 Å². The Labute approximate surface area is 131 Å². The lowest BCUT2D eigenvalue weighted by Gasteiger charge is -2.39. The first-order chi connectivity index (χ1) is 10.6. The molecule has 0 bridgehead atoms. The second-order valence-electron chi connectivity index (χ2n) is 5.66. The Bertz CT molecular complexity index is 504. The van der Waals surface area contributed by atoms with Crippen molar-refractivity contribution < 1.29 is 14.7 Å². The highest BCUT2D eigenvalue weighted by molar-refractivity contribution is 5.86. The summed E-state index contributed by atoms with van der Waals surface area (Å²) in [6, 6.07) is 9.70. The third-order valence-electron chi connectivity index (χ3n) is 4.21. The summed E-state index contributed by atoms with van der Waals surface area (Å²) in [7, 11) is 0. The molecule has 0 saturated carbocycles. The molecule has 0 radical (unpaired) electrons. The van der Waals surface area contributed by atoms with Crippen LogP contribution >= 0.6 is 0 Å². The second-order valence-corrected chi connectivity index (χ2v) is 5.66. The van der Waals surface area contributed by atoms with Crippen LogP contribution in [0.25, 0.3) is 0 Å². The molecule has 22 heavy (non-hydrogen) atoms. The average Bonchev–Trinajstić information content (AvgIpc) is 2.51. The van der Waals surface area contributed by atoms with E-state index in [9.17, 15) is 9.59 Å². The van der Waals surface area contributed by atoms with Gasteiger partial charge in [-0.1, -0.05) is 37.3 Å². The van der Waals surface area contributed by atoms with E-state index in [0.717, 1.165) is 19.4 Å². The predicted octanol–water partition coefficient (Wildman–Crippen LogP) is 1.63. The summed E-state index contributed by atoms with van der Waals surface area (Å²) < 4.78 is 0. The van der Waals surface area contributed by atoms with E-state index in [1.54, 1.807) is 0 Å². The monoisotopic (exact) mass is 304 g/mol. The van der Waals surface area contributed by atoms with Gasteiger partial charge in [0.1, 0.15) is 0 Å². The summed E-state index contributed by atoms with van der Waals surface area (Å²) in [5.41, 5.74) is 1.27. The Balaban J connectivity index is 1.88. The molecule has 2 rings (SSSR count). The van der Waals surface area contributed by atoms with Crippen molar-refractivity contribution in [3.8, 4) is 0 Å². The number of benzene rings is 1. The first kappa shape index (κ1) is 16.5. The smallest absolute Gasteiger partial charge is 0.305 e. The summed E-state index contributed by atoms with van der Waals surface area (Å²) in [6.45, 7) is 4.82. The zero-order valence-electron chi connectivity index (χ0n) is 13.1. The maximum Gasteiger partial charge on any atom is 0.305 e. The van der Waals surface area contributed by atoms with E-state index in [0.29, 0.717) is 19.6 Å². The van der Waals surface area contributed by atoms with Crippen molar-refractivity contribution in [1.29, 1.82) is 0 Å². The van der Waals surface area contributed by atoms with Crippen LogP contribution in [-0.2, 0) is 16.0 Å². The number of nitrogens with zero attached hydrogens (tertiary/aromatic N) is 2. The molecule has 1 saturated heterocycles. The predicted molar refractivity (Wildman–Crippen MR) is 84.6 cm³/mol. The average molecular weight is 304 g/mol. The van der Waals surface area contributed by atoms with Gasteiger partial charge in [-0.25, -0.2) is 0 Å². The lowest BCUT2D eigenvalue weighted by atomic mass is 10.1. The van der Waals surface area contributed by atoms with Crippen molar-refractivity contribution >= 4 is 11.9 Å². The Kier molecular flexibility index (Phi) is 5.95. The SMILES string of the molecule is CCN1CCN(CCCc2ccccc2)C(=O)C1CC(=O)O. The molecule has 1 amide bonds. The Morgan fingerprint density at radius 2 is 2.00 bits per heavy atom. The van der Waals surface area contributed by atoms with Gasteiger partial charge in [-0.05, 0) is 24.9 Å². The van der Waals surface area contributed by atoms with E-state index in [1.807, 2.05) is 34.9 Å². The largest absolute Gasteiger partial charge is 0.481 e. The summed E-state index contributed by atoms with van der Waals surface area (Å²) in [6.07, 6.45) is 1.73. The highest BCUT2D eigenvalue weighted by atomic mass is 16.4. The van der Waals surface area contributed by atoms with Crippen molar-refractivity contribution in [3.05, 3.63) is 35.9 Å². The minimum Gasteiger partial charge on any atom is -0.481 e. The fourth-order valence-electron chi connectivity index (χ4n) is 2.98. The van der Waals surface area contributed by atoms with Crippen LogP contribution in [0.15, 0.2) is 30.3 Å². The van der Waals surface area contributed by atoms with Gasteiger partial charge in [0.2, 0.25) is 5.91 Å². The summed E-state index contributed by atoms with van der Waals surface area (Å²) in [4.78, 5) is 27.3. The first-order valence-electron chi connectivity index (χ1n) is 7.90. The number of carbonyl (C=O) groups excluding carboxylic acids is 1. The van der Waals surface area contributed by atoms with E-state index in [-0.39, 0.29) is 12.3 Å². The van der Waals surface area contributed by atoms with Crippen LogP contribution in [-0.4, -0.2) is 59.0 Å². The van der Waals surface area contributed by atoms with Crippen LogP contribution in [0, 0.1) is 0 Å². The molecule has 1 aliphatic rings. The Morgan fingerprint density at radius 3 is 2.64 bits per heavy atom. The van der Waals surface area contributed by atoms with Crippen molar-refractivity contribution in [2.75, 3.05) is 26.2 Å². The third-order valence-corrected chi connectivity index (χ3v) is 4.21. The number of aryl methyl sites for hydroxylation is 1. The van der Waals surface area contributed by atoms with E-state index in [1.165, 1.54) is 5.56 Å². The molecule has 1 atom stereocenters. The quantitative estimate of drug-likeness (QED) is 0.831. The zero-order chi connectivity index (χ0) is 15.9. The summed E-state index contributed by atoms with van der Waals surface area (Å²) in [5, 5.41) is 9.01. The van der Waals surface area contributed by atoms with Gasteiger partial charge in [-0.2, -0.15) is 0 Å². The highest BCUT2D eigenvalue weighted by Crippen LogP contribution is 2.15. The van der Waals surface area contributed by atoms with Gasteiger partial charge in [0, 0.05) is 19.6 Å². The highest BCUT2D eigenvalue weighted by Gasteiger charge is 2.34. The van der Waals surface area contributed by atoms with Crippen LogP contribution in [0.5, 0.6) is 0 Å². The Hall–Kier alpha value is -1.88. The van der Waals surface area contributed by atoms with Crippen LogP contribution in [0.1, 0.15) is 25.3 Å². The van der Waals surface area contributed by atoms with Crippen molar-refractivity contribution in [2.45, 2.75) is 32.2 Å². The topological polar surface area (TPSA) is 60.9 Å². The molecular weight excluding hydrogens is 280 g/mol. The molecule has 1 heterocycles. The number of rotatable bonds is 7. The van der Waals surface area contributed by atoms with Crippen molar-refractivity contribution in [1.82, 2.24) is 9.80 Å². The van der Waals surface area contributed by atoms with E-state index < -0.39 is 12.0 Å². The van der Waals surface area contributed by atoms with Crippen LogP contribution < -0.4 is 0 Å². The van der Waals surface area contributed by atoms with E-state index >= 15 is 0 Å². The molecule has 120 valence electrons. The van der Waals surface area contributed by atoms with Gasteiger partial charge in [0.25, 0.3) is 0 Å². The zero-order valence-corrected chi connectivity index (χ0v) is 13.1. The molecule has 0 aliphatic carbocycles. The molecular formula is C17H24N2O3. The number of carbonyl (C=O) groups is 2. The second kappa shape index (κ2) is 7.94. The van der Waals surface area contributed by atoms with Gasteiger partial charge in [0.05, 0.1) is 12.5 Å². The fraction of sp³-hybridized carbons (Fsp3) is 0.529. The number of likely N-dealkylation sites (N-methyl/N-ethyl adjacent to an activating group) is 1. The number of hydrogen-bond donors (Lipinski definition) is 1. The molecule has 5 heteroatoms. The van der Waals surface area contributed by atoms with Gasteiger partial charge in [-0.15, -0.1) is 0 Å². The lowest BCUT2D eigenvalue weighted by molar-refractivity contribution is -0.149. The summed E-state index contributed by atoms with van der Waals surface area (Å²) >= 11 is 0. The molecule has 1 N–H and O–H groups in total. The van der Waals surface area contributed by atoms with Crippen LogP contribution in [0.2, 0.25) is 0 Å². The molecule has 1 aliphatic heterocycles. The normalized spacial score (nSPS) is 19.4. The minimum atomic E-state index is -0.914. The number of piperazine rings is 1. The Morgan fingerprint density at radius 1 is 1.27 bits per heavy atom. The standard InChI is InChI=1S/C17H24N2O3/c1-2-18-11-12-19(17(22)15(18)13-16(20)21)10-6-9-14-7-4-3-5-8-14/h3-5,7-8,15H,2,6,9-13H2,1H3,(H,20,21). The molecule has 1 unspecified atom stereocenters. The molecule has 5 nitrogen and oxygen atoms in total. The van der Waals surface area contributed by atoms with Gasteiger partial charge >= 0.3 is 5.97 Å². The van der Waals surface area contributed by atoms with Gasteiger partial charge in [-0.3, -0.25) is 14.5 Å². The number of carboxylic acid groups (broad SMARTS) is 1. The van der Waals surface area contributed by atoms with Crippen LogP contribution in [0.3, 0.4) is 0 Å². The van der Waals surface area contributed by atoms with Crippen molar-refractivity contribution in [3.63, 3.8) is 0 Å². The van der Waals surface area contributed by atoms with Crippen LogP contribution in [0.4, 0.5) is 0 Å². The fourth-order valence-corrected chi connectivity index (χ4v) is 2.98. The van der Waals surface area contributed by atoms with Gasteiger partial charge < -0.3 is 10.0 Å². The maximum atomic E-state index is 12.5. The van der Waals surface area contributed by atoms with E-state index in [4.69, 9.17) is 5.11 Å². The van der Waals surface area contributed by atoms with E-state index in [2.05, 4.69) is 12.1 Å². The molecule has 1 aromatic rings. The maximum absolute atomic E-state index is 12.5.